The molecule has 4 rings (SSSR count). The molecule has 1 N–H and O–H groups in total. The largest absolute Gasteiger partial charge is 0.416 e. The van der Waals surface area contributed by atoms with Crippen LogP contribution in [0.25, 0.3) is 0 Å². The van der Waals surface area contributed by atoms with Gasteiger partial charge in [-0.25, -0.2) is 0 Å². The summed E-state index contributed by atoms with van der Waals surface area (Å²) in [4.78, 5) is 42.8. The molecule has 7 nitrogen and oxygen atoms in total. The van der Waals surface area contributed by atoms with Crippen LogP contribution in [0.1, 0.15) is 36.2 Å². The number of halogens is 3. The smallest absolute Gasteiger partial charge is 0.368 e. The number of anilines is 2. The van der Waals surface area contributed by atoms with Crippen molar-refractivity contribution in [3.05, 3.63) is 59.7 Å². The fraction of sp³-hybridized carbons (Fsp3) is 0.423. The second-order valence-corrected chi connectivity index (χ2v) is 9.43. The zero-order valence-corrected chi connectivity index (χ0v) is 20.2. The summed E-state index contributed by atoms with van der Waals surface area (Å²) in [5.41, 5.74) is 0.795. The maximum absolute atomic E-state index is 13.0. The number of hydrogen-bond donors (Lipinski definition) is 1. The Labute approximate surface area is 207 Å². The monoisotopic (exact) mass is 502 g/mol. The van der Waals surface area contributed by atoms with E-state index in [4.69, 9.17) is 0 Å². The van der Waals surface area contributed by atoms with E-state index in [9.17, 15) is 27.6 Å². The molecule has 0 radical (unpaired) electrons. The Kier molecular flexibility index (Phi) is 7.23. The summed E-state index contributed by atoms with van der Waals surface area (Å²) in [5, 5.41) is 2.82. The highest BCUT2D eigenvalue weighted by atomic mass is 19.4. The molecule has 36 heavy (non-hydrogen) atoms. The van der Waals surface area contributed by atoms with E-state index in [-0.39, 0.29) is 30.2 Å². The number of nitrogens with zero attached hydrogens (tertiary/aromatic N) is 3. The van der Waals surface area contributed by atoms with E-state index < -0.39 is 17.7 Å². The summed E-state index contributed by atoms with van der Waals surface area (Å²) in [7, 11) is 0. The van der Waals surface area contributed by atoms with Crippen molar-refractivity contribution in [2.24, 2.45) is 5.92 Å². The van der Waals surface area contributed by atoms with E-state index in [1.165, 1.54) is 6.07 Å². The minimum atomic E-state index is -4.40. The van der Waals surface area contributed by atoms with Gasteiger partial charge in [-0.15, -0.1) is 0 Å². The molecule has 2 aliphatic heterocycles. The molecule has 1 unspecified atom stereocenters. The van der Waals surface area contributed by atoms with Gasteiger partial charge in [0.05, 0.1) is 11.5 Å². The summed E-state index contributed by atoms with van der Waals surface area (Å²) in [6, 6.07) is 11.8. The van der Waals surface area contributed by atoms with E-state index in [0.29, 0.717) is 49.7 Å². The average molecular weight is 503 g/mol. The van der Waals surface area contributed by atoms with Gasteiger partial charge in [0, 0.05) is 62.1 Å². The van der Waals surface area contributed by atoms with Crippen LogP contribution in [0.5, 0.6) is 0 Å². The number of rotatable bonds is 5. The number of carbonyl (C=O) groups is 3. The van der Waals surface area contributed by atoms with Gasteiger partial charge < -0.3 is 20.0 Å². The van der Waals surface area contributed by atoms with E-state index >= 15 is 0 Å². The Morgan fingerprint density at radius 1 is 1.00 bits per heavy atom. The maximum atomic E-state index is 13.0. The Hall–Kier alpha value is -3.56. The van der Waals surface area contributed by atoms with Crippen LogP contribution in [-0.4, -0.2) is 66.3 Å². The number of alkyl halides is 3. The van der Waals surface area contributed by atoms with Crippen molar-refractivity contribution >= 4 is 29.1 Å². The predicted octanol–water partition coefficient (Wildman–Crippen LogP) is 3.86. The standard InChI is InChI=1S/C26H29F3N4O3/c1-17(2)33-16-19(14-23(33)34)24(35)30-21-8-6-18(7-9-21)25(36)32-12-10-31(11-13-32)22-5-3-4-20(15-22)26(27,28)29/h3-9,15,17,19H,10-14,16H2,1-2H3,(H,30,35). The van der Waals surface area contributed by atoms with Gasteiger partial charge in [-0.2, -0.15) is 13.2 Å². The number of hydrogen-bond acceptors (Lipinski definition) is 4. The molecule has 0 aromatic heterocycles. The molecule has 3 amide bonds. The predicted molar refractivity (Wildman–Crippen MR) is 130 cm³/mol. The van der Waals surface area contributed by atoms with Gasteiger partial charge in [-0.1, -0.05) is 6.07 Å². The van der Waals surface area contributed by atoms with Crippen molar-refractivity contribution in [1.29, 1.82) is 0 Å². The molecule has 0 bridgehead atoms. The summed E-state index contributed by atoms with van der Waals surface area (Å²) >= 11 is 0. The first-order valence-corrected chi connectivity index (χ1v) is 11.9. The normalized spacial score (nSPS) is 18.7. The minimum Gasteiger partial charge on any atom is -0.368 e. The van der Waals surface area contributed by atoms with Crippen LogP contribution >= 0.6 is 0 Å². The molecular formula is C26H29F3N4O3. The van der Waals surface area contributed by atoms with Crippen molar-refractivity contribution < 1.29 is 27.6 Å². The second-order valence-electron chi connectivity index (χ2n) is 9.43. The molecule has 0 spiro atoms. The summed E-state index contributed by atoms with van der Waals surface area (Å²) in [5.74, 6) is -0.838. The lowest BCUT2D eigenvalue weighted by molar-refractivity contribution is -0.137. The van der Waals surface area contributed by atoms with E-state index in [2.05, 4.69) is 5.32 Å². The van der Waals surface area contributed by atoms with Gasteiger partial charge in [-0.3, -0.25) is 14.4 Å². The number of benzene rings is 2. The fourth-order valence-electron chi connectivity index (χ4n) is 4.58. The van der Waals surface area contributed by atoms with Gasteiger partial charge >= 0.3 is 6.18 Å². The third-order valence-corrected chi connectivity index (χ3v) is 6.66. The lowest BCUT2D eigenvalue weighted by Gasteiger charge is -2.36. The first-order chi connectivity index (χ1) is 17.0. The Bertz CT molecular complexity index is 1130. The van der Waals surface area contributed by atoms with Crippen molar-refractivity contribution in [3.63, 3.8) is 0 Å². The highest BCUT2D eigenvalue weighted by Gasteiger charge is 2.35. The number of amides is 3. The Morgan fingerprint density at radius 3 is 2.25 bits per heavy atom. The summed E-state index contributed by atoms with van der Waals surface area (Å²) in [6.07, 6.45) is -4.21. The third kappa shape index (κ3) is 5.63. The van der Waals surface area contributed by atoms with Crippen molar-refractivity contribution in [2.45, 2.75) is 32.5 Å². The number of piperazine rings is 1. The zero-order valence-electron chi connectivity index (χ0n) is 20.2. The molecule has 0 aliphatic carbocycles. The number of carbonyl (C=O) groups excluding carboxylic acids is 3. The SMILES string of the molecule is CC(C)N1CC(C(=O)Nc2ccc(C(=O)N3CCN(c4cccc(C(F)(F)F)c4)CC3)cc2)CC1=O. The molecule has 2 aliphatic rings. The number of likely N-dealkylation sites (tertiary alicyclic amines) is 1. The first-order valence-electron chi connectivity index (χ1n) is 11.9. The first kappa shape index (κ1) is 25.5. The Morgan fingerprint density at radius 2 is 1.67 bits per heavy atom. The topological polar surface area (TPSA) is 73.0 Å². The molecule has 2 fully saturated rings. The molecule has 2 aromatic carbocycles. The molecule has 192 valence electrons. The van der Waals surface area contributed by atoms with Gasteiger partial charge in [0.25, 0.3) is 5.91 Å². The van der Waals surface area contributed by atoms with Gasteiger partial charge in [0.15, 0.2) is 0 Å². The van der Waals surface area contributed by atoms with Gasteiger partial charge in [0.1, 0.15) is 0 Å². The van der Waals surface area contributed by atoms with Crippen LogP contribution in [0, 0.1) is 5.92 Å². The molecule has 2 aromatic rings. The summed E-state index contributed by atoms with van der Waals surface area (Å²) < 4.78 is 39.1. The van der Waals surface area contributed by atoms with Crippen LogP contribution in [0.4, 0.5) is 24.5 Å². The van der Waals surface area contributed by atoms with Crippen LogP contribution in [0.2, 0.25) is 0 Å². The van der Waals surface area contributed by atoms with Crippen LogP contribution in [0.15, 0.2) is 48.5 Å². The van der Waals surface area contributed by atoms with Gasteiger partial charge in [0.2, 0.25) is 11.8 Å². The van der Waals surface area contributed by atoms with Gasteiger partial charge in [-0.05, 0) is 56.3 Å². The van der Waals surface area contributed by atoms with Crippen LogP contribution < -0.4 is 10.2 Å². The van der Waals surface area contributed by atoms with Crippen molar-refractivity contribution in [2.75, 3.05) is 42.9 Å². The molecule has 10 heteroatoms. The third-order valence-electron chi connectivity index (χ3n) is 6.66. The average Bonchev–Trinajstić information content (AvgIpc) is 3.26. The van der Waals surface area contributed by atoms with Crippen LogP contribution in [-0.2, 0) is 15.8 Å². The fourth-order valence-corrected chi connectivity index (χ4v) is 4.58. The number of nitrogens with one attached hydrogen (secondary N) is 1. The van der Waals surface area contributed by atoms with E-state index in [0.717, 1.165) is 12.1 Å². The lowest BCUT2D eigenvalue weighted by atomic mass is 10.1. The minimum absolute atomic E-state index is 0.0285. The molecule has 0 saturated carbocycles. The zero-order chi connectivity index (χ0) is 26.0. The Balaban J connectivity index is 1.31. The summed E-state index contributed by atoms with van der Waals surface area (Å²) in [6.45, 7) is 5.85. The second kappa shape index (κ2) is 10.2. The van der Waals surface area contributed by atoms with E-state index in [1.807, 2.05) is 18.7 Å². The molecule has 2 heterocycles. The molecule has 1 atom stereocenters. The lowest BCUT2D eigenvalue weighted by Crippen LogP contribution is -2.48. The van der Waals surface area contributed by atoms with Crippen LogP contribution in [0.3, 0.4) is 0 Å². The van der Waals surface area contributed by atoms with Crippen molar-refractivity contribution in [3.8, 4) is 0 Å². The quantitative estimate of drug-likeness (QED) is 0.674. The highest BCUT2D eigenvalue weighted by molar-refractivity contribution is 5.98. The maximum Gasteiger partial charge on any atom is 0.416 e. The highest BCUT2D eigenvalue weighted by Crippen LogP contribution is 2.32. The van der Waals surface area contributed by atoms with Crippen molar-refractivity contribution in [1.82, 2.24) is 9.80 Å². The molecular weight excluding hydrogens is 473 g/mol. The van der Waals surface area contributed by atoms with E-state index in [1.54, 1.807) is 40.1 Å². The molecule has 2 saturated heterocycles.